The Kier molecular flexibility index (Phi) is 6.85. The molecule has 0 saturated carbocycles. The molecule has 5 rings (SSSR count). The lowest BCUT2D eigenvalue weighted by atomic mass is 10.1. The molecule has 2 aromatic heterocycles. The molecule has 0 radical (unpaired) electrons. The fourth-order valence-electron chi connectivity index (χ4n) is 3.81. The fourth-order valence-corrected chi connectivity index (χ4v) is 3.81. The Balaban J connectivity index is 1.30. The van der Waals surface area contributed by atoms with Gasteiger partial charge in [0.1, 0.15) is 17.9 Å². The first-order valence-corrected chi connectivity index (χ1v) is 11.2. The highest BCUT2D eigenvalue weighted by atomic mass is 19.1. The smallest absolute Gasteiger partial charge is 0.273 e. The quantitative estimate of drug-likeness (QED) is 0.374. The molecule has 0 saturated heterocycles. The van der Waals surface area contributed by atoms with E-state index < -0.39 is 11.6 Å². The van der Waals surface area contributed by atoms with Gasteiger partial charge in [-0.1, -0.05) is 12.1 Å². The lowest BCUT2D eigenvalue weighted by Gasteiger charge is -2.21. The number of hydrogen-bond donors (Lipinski definition) is 1. The number of benzene rings is 2. The third kappa shape index (κ3) is 5.66. The Morgan fingerprint density at radius 3 is 2.61 bits per heavy atom. The van der Waals surface area contributed by atoms with Crippen molar-refractivity contribution >= 4 is 5.91 Å². The molecule has 184 valence electrons. The average molecular weight is 492 g/mol. The summed E-state index contributed by atoms with van der Waals surface area (Å²) in [5.41, 5.74) is 2.25. The molecule has 0 atom stereocenters. The lowest BCUT2D eigenvalue weighted by molar-refractivity contribution is 0.0945. The summed E-state index contributed by atoms with van der Waals surface area (Å²) < 4.78 is 44.2. The van der Waals surface area contributed by atoms with E-state index in [1.807, 2.05) is 23.1 Å². The monoisotopic (exact) mass is 492 g/mol. The minimum atomic E-state index is -0.645. The summed E-state index contributed by atoms with van der Waals surface area (Å²) in [5, 5.41) is 2.78. The zero-order valence-corrected chi connectivity index (χ0v) is 19.1. The molecular formula is C26H22F2N4O4. The SMILES string of the molecule is O=C(NCc1ccncc1)c1coc(CN(Cc2ccc3c(c2)OCO3)Cc2ccc(F)cc2F)n1. The number of nitrogens with one attached hydrogen (secondary N) is 1. The van der Waals surface area contributed by atoms with Crippen molar-refractivity contribution in [2.75, 3.05) is 6.79 Å². The van der Waals surface area contributed by atoms with Gasteiger partial charge in [0.25, 0.3) is 5.91 Å². The van der Waals surface area contributed by atoms with Gasteiger partial charge in [-0.15, -0.1) is 0 Å². The summed E-state index contributed by atoms with van der Waals surface area (Å²) in [6.07, 6.45) is 4.58. The van der Waals surface area contributed by atoms with Crippen LogP contribution in [0.1, 0.15) is 33.1 Å². The molecule has 4 aromatic rings. The maximum Gasteiger partial charge on any atom is 0.273 e. The van der Waals surface area contributed by atoms with Gasteiger partial charge < -0.3 is 19.2 Å². The van der Waals surface area contributed by atoms with Gasteiger partial charge in [0.2, 0.25) is 12.7 Å². The highest BCUT2D eigenvalue weighted by Crippen LogP contribution is 2.33. The second-order valence-corrected chi connectivity index (χ2v) is 8.23. The lowest BCUT2D eigenvalue weighted by Crippen LogP contribution is -2.24. The Bertz CT molecular complexity index is 1360. The van der Waals surface area contributed by atoms with E-state index >= 15 is 0 Å². The van der Waals surface area contributed by atoms with E-state index in [2.05, 4.69) is 15.3 Å². The van der Waals surface area contributed by atoms with Crippen LogP contribution < -0.4 is 14.8 Å². The van der Waals surface area contributed by atoms with Gasteiger partial charge in [-0.2, -0.15) is 0 Å². The first kappa shape index (κ1) is 23.4. The molecule has 1 N–H and O–H groups in total. The maximum atomic E-state index is 14.4. The first-order chi connectivity index (χ1) is 17.5. The number of oxazole rings is 1. The third-order valence-electron chi connectivity index (χ3n) is 5.60. The van der Waals surface area contributed by atoms with Crippen molar-refractivity contribution in [3.8, 4) is 11.5 Å². The summed E-state index contributed by atoms with van der Waals surface area (Å²) in [5.74, 6) is -0.0984. The Morgan fingerprint density at radius 1 is 0.944 bits per heavy atom. The van der Waals surface area contributed by atoms with Crippen LogP contribution in [0.2, 0.25) is 0 Å². The van der Waals surface area contributed by atoms with E-state index in [1.165, 1.54) is 18.4 Å². The summed E-state index contributed by atoms with van der Waals surface area (Å²) in [7, 11) is 0. The van der Waals surface area contributed by atoms with Crippen LogP contribution in [0.25, 0.3) is 0 Å². The number of carbonyl (C=O) groups excluding carboxylic acids is 1. The molecule has 3 heterocycles. The molecule has 0 unspecified atom stereocenters. The van der Waals surface area contributed by atoms with Crippen molar-refractivity contribution in [3.63, 3.8) is 0 Å². The van der Waals surface area contributed by atoms with Gasteiger partial charge in [-0.3, -0.25) is 14.7 Å². The first-order valence-electron chi connectivity index (χ1n) is 11.2. The molecule has 0 fully saturated rings. The van der Waals surface area contributed by atoms with E-state index in [4.69, 9.17) is 13.9 Å². The number of hydrogen-bond acceptors (Lipinski definition) is 7. The van der Waals surface area contributed by atoms with Crippen molar-refractivity contribution < 1.29 is 27.5 Å². The molecule has 8 nitrogen and oxygen atoms in total. The van der Waals surface area contributed by atoms with Crippen molar-refractivity contribution in [2.24, 2.45) is 0 Å². The van der Waals surface area contributed by atoms with Crippen LogP contribution >= 0.6 is 0 Å². The average Bonchev–Trinajstić information content (AvgIpc) is 3.54. The number of halogens is 2. The molecule has 2 aromatic carbocycles. The van der Waals surface area contributed by atoms with E-state index in [1.54, 1.807) is 24.5 Å². The molecule has 10 heteroatoms. The van der Waals surface area contributed by atoms with Crippen molar-refractivity contribution in [2.45, 2.75) is 26.2 Å². The van der Waals surface area contributed by atoms with Gasteiger partial charge >= 0.3 is 0 Å². The number of ether oxygens (including phenoxy) is 2. The molecule has 36 heavy (non-hydrogen) atoms. The van der Waals surface area contributed by atoms with Crippen molar-refractivity contribution in [3.05, 3.63) is 107 Å². The minimum Gasteiger partial charge on any atom is -0.454 e. The van der Waals surface area contributed by atoms with Gasteiger partial charge in [0, 0.05) is 43.7 Å². The summed E-state index contributed by atoms with van der Waals surface area (Å²) >= 11 is 0. The van der Waals surface area contributed by atoms with Crippen LogP contribution in [0.15, 0.2) is 71.6 Å². The standard InChI is InChI=1S/C26H22F2N4O4/c27-20-3-2-19(21(28)10-20)13-32(12-18-1-4-23-24(9-18)36-16-35-23)14-25-31-22(15-34-25)26(33)30-11-17-5-7-29-8-6-17/h1-10,15H,11-14,16H2,(H,30,33). The Labute approximate surface area is 205 Å². The van der Waals surface area contributed by atoms with Crippen molar-refractivity contribution in [1.29, 1.82) is 0 Å². The number of nitrogens with zero attached hydrogens (tertiary/aromatic N) is 3. The number of rotatable bonds is 9. The summed E-state index contributed by atoms with van der Waals surface area (Å²) in [4.78, 5) is 22.6. The van der Waals surface area contributed by atoms with Crippen LogP contribution in [0.5, 0.6) is 11.5 Å². The topological polar surface area (TPSA) is 89.7 Å². The van der Waals surface area contributed by atoms with Crippen LogP contribution in [-0.4, -0.2) is 27.6 Å². The highest BCUT2D eigenvalue weighted by Gasteiger charge is 2.19. The molecule has 0 bridgehead atoms. The summed E-state index contributed by atoms with van der Waals surface area (Å²) in [6.45, 7) is 1.21. The second kappa shape index (κ2) is 10.5. The number of carbonyl (C=O) groups is 1. The van der Waals surface area contributed by atoms with Crippen LogP contribution in [0, 0.1) is 11.6 Å². The molecule has 1 aliphatic rings. The van der Waals surface area contributed by atoms with E-state index in [0.29, 0.717) is 30.2 Å². The number of aromatic nitrogens is 2. The molecule has 1 amide bonds. The zero-order chi connectivity index (χ0) is 24.9. The van der Waals surface area contributed by atoms with Gasteiger partial charge in [0.15, 0.2) is 17.2 Å². The maximum absolute atomic E-state index is 14.4. The summed E-state index contributed by atoms with van der Waals surface area (Å²) in [6, 6.07) is 12.6. The fraction of sp³-hybridized carbons (Fsp3) is 0.192. The van der Waals surface area contributed by atoms with Gasteiger partial charge in [0.05, 0.1) is 6.54 Å². The molecular weight excluding hydrogens is 470 g/mol. The molecule has 1 aliphatic heterocycles. The second-order valence-electron chi connectivity index (χ2n) is 8.23. The van der Waals surface area contributed by atoms with Gasteiger partial charge in [-0.25, -0.2) is 13.8 Å². The largest absolute Gasteiger partial charge is 0.454 e. The highest BCUT2D eigenvalue weighted by molar-refractivity contribution is 5.91. The van der Waals surface area contributed by atoms with Crippen LogP contribution in [0.4, 0.5) is 8.78 Å². The number of pyridine rings is 1. The van der Waals surface area contributed by atoms with Crippen LogP contribution in [-0.2, 0) is 26.2 Å². The van der Waals surface area contributed by atoms with Crippen LogP contribution in [0.3, 0.4) is 0 Å². The normalized spacial score (nSPS) is 12.2. The van der Waals surface area contributed by atoms with Crippen molar-refractivity contribution in [1.82, 2.24) is 20.2 Å². The predicted octanol–water partition coefficient (Wildman–Crippen LogP) is 4.21. The third-order valence-corrected chi connectivity index (χ3v) is 5.60. The Hall–Kier alpha value is -4.31. The van der Waals surface area contributed by atoms with E-state index in [-0.39, 0.29) is 37.4 Å². The number of amides is 1. The Morgan fingerprint density at radius 2 is 1.78 bits per heavy atom. The molecule has 0 aliphatic carbocycles. The predicted molar refractivity (Wildman–Crippen MR) is 124 cm³/mol. The molecule has 0 spiro atoms. The van der Waals surface area contributed by atoms with E-state index in [0.717, 1.165) is 17.2 Å². The van der Waals surface area contributed by atoms with E-state index in [9.17, 15) is 13.6 Å². The minimum absolute atomic E-state index is 0.134. The van der Waals surface area contributed by atoms with Gasteiger partial charge in [-0.05, 0) is 41.5 Å². The number of fused-ring (bicyclic) bond motifs is 1. The zero-order valence-electron chi connectivity index (χ0n) is 19.1.